The predicted octanol–water partition coefficient (Wildman–Crippen LogP) is 3.22. The Hall–Kier alpha value is -1.32. The first-order valence-corrected chi connectivity index (χ1v) is 7.31. The van der Waals surface area contributed by atoms with Gasteiger partial charge in [0.15, 0.2) is 0 Å². The van der Waals surface area contributed by atoms with Crippen LogP contribution in [0.25, 0.3) is 10.9 Å². The van der Waals surface area contributed by atoms with Gasteiger partial charge in [0.2, 0.25) is 0 Å². The largest absolute Gasteiger partial charge is 0.378 e. The van der Waals surface area contributed by atoms with Crippen molar-refractivity contribution < 1.29 is 4.74 Å². The fourth-order valence-electron chi connectivity index (χ4n) is 2.83. The summed E-state index contributed by atoms with van der Waals surface area (Å²) in [6, 6.07) is 8.58. The first-order chi connectivity index (χ1) is 9.43. The van der Waals surface area contributed by atoms with E-state index < -0.39 is 0 Å². The number of rotatable bonds is 5. The smallest absolute Gasteiger partial charge is 0.0587 e. The maximum absolute atomic E-state index is 5.74. The van der Waals surface area contributed by atoms with E-state index in [1.165, 1.54) is 35.7 Å². The molecule has 1 atom stereocenters. The Kier molecular flexibility index (Phi) is 4.16. The minimum atomic E-state index is 0.476. The Morgan fingerprint density at radius 2 is 2.26 bits per heavy atom. The standard InChI is InChI=1S/C16H22N2O/c1-2-11-19-14(5-1)7-9-17-12-13-4-3-6-16-15(13)8-10-18-16/h3-4,6,8,10,14,17-18H,1-2,5,7,9,11-12H2. The molecule has 1 aromatic carbocycles. The second kappa shape index (κ2) is 6.22. The van der Waals surface area contributed by atoms with Gasteiger partial charge in [-0.25, -0.2) is 0 Å². The van der Waals surface area contributed by atoms with Crippen LogP contribution in [0.3, 0.4) is 0 Å². The predicted molar refractivity (Wildman–Crippen MR) is 78.2 cm³/mol. The minimum absolute atomic E-state index is 0.476. The van der Waals surface area contributed by atoms with Crippen molar-refractivity contribution in [1.82, 2.24) is 10.3 Å². The van der Waals surface area contributed by atoms with Gasteiger partial charge in [-0.1, -0.05) is 12.1 Å². The summed E-state index contributed by atoms with van der Waals surface area (Å²) in [6.45, 7) is 2.92. The number of ether oxygens (including phenoxy) is 1. The topological polar surface area (TPSA) is 37.0 Å². The molecule has 1 aliphatic heterocycles. The van der Waals surface area contributed by atoms with E-state index in [2.05, 4.69) is 34.6 Å². The molecular weight excluding hydrogens is 236 g/mol. The molecule has 3 rings (SSSR count). The number of benzene rings is 1. The van der Waals surface area contributed by atoms with E-state index in [0.717, 1.165) is 26.1 Å². The lowest BCUT2D eigenvalue weighted by atomic mass is 10.1. The normalized spacial score (nSPS) is 19.9. The summed E-state index contributed by atoms with van der Waals surface area (Å²) in [4.78, 5) is 3.25. The molecule has 0 aliphatic carbocycles. The Balaban J connectivity index is 1.48. The molecule has 3 nitrogen and oxygen atoms in total. The van der Waals surface area contributed by atoms with Gasteiger partial charge in [-0.3, -0.25) is 0 Å². The molecule has 1 unspecified atom stereocenters. The fourth-order valence-corrected chi connectivity index (χ4v) is 2.83. The van der Waals surface area contributed by atoms with Gasteiger partial charge in [0.25, 0.3) is 0 Å². The maximum atomic E-state index is 5.74. The average molecular weight is 258 g/mol. The van der Waals surface area contributed by atoms with E-state index in [0.29, 0.717) is 6.10 Å². The van der Waals surface area contributed by atoms with Crippen molar-refractivity contribution >= 4 is 10.9 Å². The molecule has 1 fully saturated rings. The minimum Gasteiger partial charge on any atom is -0.378 e. The van der Waals surface area contributed by atoms with Crippen LogP contribution < -0.4 is 5.32 Å². The summed E-state index contributed by atoms with van der Waals surface area (Å²) in [7, 11) is 0. The average Bonchev–Trinajstić information content (AvgIpc) is 2.94. The van der Waals surface area contributed by atoms with E-state index in [1.807, 2.05) is 6.20 Å². The zero-order valence-corrected chi connectivity index (χ0v) is 11.3. The van der Waals surface area contributed by atoms with Crippen molar-refractivity contribution in [3.05, 3.63) is 36.0 Å². The molecule has 0 saturated carbocycles. The molecule has 102 valence electrons. The monoisotopic (exact) mass is 258 g/mol. The molecule has 1 aliphatic rings. The fraction of sp³-hybridized carbons (Fsp3) is 0.500. The number of H-pyrrole nitrogens is 1. The Bertz CT molecular complexity index is 514. The quantitative estimate of drug-likeness (QED) is 0.808. The Morgan fingerprint density at radius 3 is 3.16 bits per heavy atom. The number of hydrogen-bond donors (Lipinski definition) is 2. The van der Waals surface area contributed by atoms with Gasteiger partial charge in [-0.05, 0) is 49.9 Å². The highest BCUT2D eigenvalue weighted by molar-refractivity contribution is 5.82. The Morgan fingerprint density at radius 1 is 1.26 bits per heavy atom. The first kappa shape index (κ1) is 12.7. The van der Waals surface area contributed by atoms with Gasteiger partial charge >= 0.3 is 0 Å². The van der Waals surface area contributed by atoms with E-state index in [-0.39, 0.29) is 0 Å². The number of aromatic amines is 1. The van der Waals surface area contributed by atoms with Crippen LogP contribution in [0.2, 0.25) is 0 Å². The van der Waals surface area contributed by atoms with Gasteiger partial charge in [0.1, 0.15) is 0 Å². The lowest BCUT2D eigenvalue weighted by molar-refractivity contribution is 0.0115. The third kappa shape index (κ3) is 3.17. The molecule has 3 heteroatoms. The lowest BCUT2D eigenvalue weighted by Gasteiger charge is -2.22. The van der Waals surface area contributed by atoms with Gasteiger partial charge in [0.05, 0.1) is 6.10 Å². The lowest BCUT2D eigenvalue weighted by Crippen LogP contribution is -2.25. The second-order valence-electron chi connectivity index (χ2n) is 5.31. The van der Waals surface area contributed by atoms with Crippen molar-refractivity contribution in [1.29, 1.82) is 0 Å². The summed E-state index contributed by atoms with van der Waals surface area (Å²) in [6.07, 6.45) is 7.40. The summed E-state index contributed by atoms with van der Waals surface area (Å²) < 4.78 is 5.74. The zero-order valence-electron chi connectivity index (χ0n) is 11.3. The first-order valence-electron chi connectivity index (χ1n) is 7.31. The maximum Gasteiger partial charge on any atom is 0.0587 e. The molecule has 2 aromatic rings. The van der Waals surface area contributed by atoms with Crippen LogP contribution in [0.15, 0.2) is 30.5 Å². The van der Waals surface area contributed by atoms with Crippen molar-refractivity contribution in [2.45, 2.75) is 38.3 Å². The van der Waals surface area contributed by atoms with Gasteiger partial charge in [0, 0.05) is 30.3 Å². The third-order valence-corrected chi connectivity index (χ3v) is 3.92. The molecule has 0 radical (unpaired) electrons. The third-order valence-electron chi connectivity index (χ3n) is 3.92. The molecule has 1 aromatic heterocycles. The molecule has 0 spiro atoms. The summed E-state index contributed by atoms with van der Waals surface area (Å²) in [5.74, 6) is 0. The Labute approximate surface area is 114 Å². The molecule has 19 heavy (non-hydrogen) atoms. The van der Waals surface area contributed by atoms with Crippen molar-refractivity contribution in [2.24, 2.45) is 0 Å². The summed E-state index contributed by atoms with van der Waals surface area (Å²) in [5, 5.41) is 4.86. The highest BCUT2D eigenvalue weighted by Gasteiger charge is 2.12. The molecule has 2 heterocycles. The number of hydrogen-bond acceptors (Lipinski definition) is 2. The van der Waals surface area contributed by atoms with E-state index in [9.17, 15) is 0 Å². The van der Waals surface area contributed by atoms with Crippen LogP contribution in [-0.2, 0) is 11.3 Å². The molecule has 0 bridgehead atoms. The second-order valence-corrected chi connectivity index (χ2v) is 5.31. The van der Waals surface area contributed by atoms with Crippen LogP contribution in [0.5, 0.6) is 0 Å². The highest BCUT2D eigenvalue weighted by Crippen LogP contribution is 2.17. The van der Waals surface area contributed by atoms with Crippen LogP contribution in [0, 0.1) is 0 Å². The van der Waals surface area contributed by atoms with E-state index in [1.54, 1.807) is 0 Å². The molecule has 1 saturated heterocycles. The van der Waals surface area contributed by atoms with Crippen LogP contribution >= 0.6 is 0 Å². The van der Waals surface area contributed by atoms with Crippen LogP contribution in [0.1, 0.15) is 31.2 Å². The van der Waals surface area contributed by atoms with Crippen molar-refractivity contribution in [2.75, 3.05) is 13.2 Å². The summed E-state index contributed by atoms with van der Waals surface area (Å²) >= 11 is 0. The van der Waals surface area contributed by atoms with Crippen molar-refractivity contribution in [3.63, 3.8) is 0 Å². The number of nitrogens with one attached hydrogen (secondary N) is 2. The van der Waals surface area contributed by atoms with Gasteiger partial charge in [-0.2, -0.15) is 0 Å². The van der Waals surface area contributed by atoms with E-state index in [4.69, 9.17) is 4.74 Å². The zero-order chi connectivity index (χ0) is 12.9. The van der Waals surface area contributed by atoms with Gasteiger partial charge in [-0.15, -0.1) is 0 Å². The highest BCUT2D eigenvalue weighted by atomic mass is 16.5. The number of aromatic nitrogens is 1. The van der Waals surface area contributed by atoms with E-state index >= 15 is 0 Å². The summed E-state index contributed by atoms with van der Waals surface area (Å²) in [5.41, 5.74) is 2.58. The van der Waals surface area contributed by atoms with Crippen molar-refractivity contribution in [3.8, 4) is 0 Å². The molecule has 2 N–H and O–H groups in total. The molecular formula is C16H22N2O. The van der Waals surface area contributed by atoms with Gasteiger partial charge < -0.3 is 15.0 Å². The number of fused-ring (bicyclic) bond motifs is 1. The van der Waals surface area contributed by atoms with Crippen LogP contribution in [0.4, 0.5) is 0 Å². The SMILES string of the molecule is c1cc(CNCCC2CCCCO2)c2cc[nH]c2c1. The van der Waals surface area contributed by atoms with Crippen LogP contribution in [-0.4, -0.2) is 24.2 Å². The molecule has 0 amide bonds.